The summed E-state index contributed by atoms with van der Waals surface area (Å²) in [6.07, 6.45) is 10.1. The second-order valence-corrected chi connectivity index (χ2v) is 8.17. The zero-order valence-electron chi connectivity index (χ0n) is 12.9. The summed E-state index contributed by atoms with van der Waals surface area (Å²) in [5, 5.41) is 0. The van der Waals surface area contributed by atoms with Crippen LogP contribution in [0.2, 0.25) is 0 Å². The molecule has 1 heterocycles. The second-order valence-electron chi connectivity index (χ2n) is 8.17. The Morgan fingerprint density at radius 1 is 1.05 bits per heavy atom. The van der Waals surface area contributed by atoms with E-state index in [-0.39, 0.29) is 0 Å². The van der Waals surface area contributed by atoms with Gasteiger partial charge < -0.3 is 10.6 Å². The van der Waals surface area contributed by atoms with E-state index in [4.69, 9.17) is 5.73 Å². The molecular weight excluding hydrogens is 232 g/mol. The minimum Gasteiger partial charge on any atom is -0.327 e. The number of fused-ring (bicyclic) bond motifs is 1. The molecule has 110 valence electrons. The van der Waals surface area contributed by atoms with Crippen LogP contribution in [0, 0.1) is 23.2 Å². The summed E-state index contributed by atoms with van der Waals surface area (Å²) >= 11 is 0. The molecule has 2 N–H and O–H groups in total. The first kappa shape index (κ1) is 13.9. The summed E-state index contributed by atoms with van der Waals surface area (Å²) in [6.45, 7) is 8.68. The molecule has 0 amide bonds. The van der Waals surface area contributed by atoms with Gasteiger partial charge in [0.1, 0.15) is 0 Å². The van der Waals surface area contributed by atoms with E-state index in [1.807, 2.05) is 0 Å². The Hall–Kier alpha value is -0.0800. The normalized spacial score (nSPS) is 43.1. The number of hydrogen-bond donors (Lipinski definition) is 1. The van der Waals surface area contributed by atoms with E-state index in [1.54, 1.807) is 0 Å². The molecule has 4 atom stereocenters. The van der Waals surface area contributed by atoms with Crippen LogP contribution in [0.15, 0.2) is 0 Å². The maximum absolute atomic E-state index is 6.48. The Morgan fingerprint density at radius 3 is 2.47 bits per heavy atom. The Bertz CT molecular complexity index is 312. The van der Waals surface area contributed by atoms with Gasteiger partial charge in [-0.2, -0.15) is 0 Å². The van der Waals surface area contributed by atoms with Crippen molar-refractivity contribution in [3.63, 3.8) is 0 Å². The number of likely N-dealkylation sites (tertiary alicyclic amines) is 1. The van der Waals surface area contributed by atoms with Crippen molar-refractivity contribution < 1.29 is 0 Å². The van der Waals surface area contributed by atoms with Gasteiger partial charge in [-0.25, -0.2) is 0 Å². The lowest BCUT2D eigenvalue weighted by Crippen LogP contribution is -2.47. The first-order valence-electron chi connectivity index (χ1n) is 8.54. The topological polar surface area (TPSA) is 29.3 Å². The van der Waals surface area contributed by atoms with Gasteiger partial charge in [0.2, 0.25) is 0 Å². The van der Waals surface area contributed by atoms with Crippen LogP contribution in [0.1, 0.15) is 58.8 Å². The van der Waals surface area contributed by atoms with E-state index < -0.39 is 0 Å². The molecule has 0 aromatic rings. The molecule has 2 nitrogen and oxygen atoms in total. The standard InChI is InChI=1S/C17H32N2/c1-17(2)9-7-15(16(17)18)12-19-10-8-13-5-3-4-6-14(13)11-19/h13-16H,3-12,18H2,1-2H3. The molecule has 3 fully saturated rings. The summed E-state index contributed by atoms with van der Waals surface area (Å²) < 4.78 is 0. The van der Waals surface area contributed by atoms with E-state index in [0.29, 0.717) is 11.5 Å². The predicted molar refractivity (Wildman–Crippen MR) is 81.0 cm³/mol. The Labute approximate surface area is 119 Å². The molecule has 3 rings (SSSR count). The lowest BCUT2D eigenvalue weighted by molar-refractivity contribution is 0.0723. The fraction of sp³-hybridized carbons (Fsp3) is 1.00. The van der Waals surface area contributed by atoms with Crippen LogP contribution in [-0.4, -0.2) is 30.6 Å². The fourth-order valence-corrected chi connectivity index (χ4v) is 4.92. The molecule has 0 radical (unpaired) electrons. The summed E-state index contributed by atoms with van der Waals surface area (Å²) in [5.74, 6) is 2.81. The molecule has 0 bridgehead atoms. The monoisotopic (exact) mass is 264 g/mol. The molecule has 2 aliphatic carbocycles. The highest BCUT2D eigenvalue weighted by atomic mass is 15.1. The van der Waals surface area contributed by atoms with Gasteiger partial charge in [0.25, 0.3) is 0 Å². The largest absolute Gasteiger partial charge is 0.327 e. The lowest BCUT2D eigenvalue weighted by atomic mass is 9.75. The highest BCUT2D eigenvalue weighted by molar-refractivity contribution is 4.96. The van der Waals surface area contributed by atoms with Gasteiger partial charge in [-0.05, 0) is 55.4 Å². The van der Waals surface area contributed by atoms with Crippen LogP contribution in [0.5, 0.6) is 0 Å². The molecule has 4 unspecified atom stereocenters. The summed E-state index contributed by atoms with van der Waals surface area (Å²) in [6, 6.07) is 0.413. The number of rotatable bonds is 2. The van der Waals surface area contributed by atoms with Crippen molar-refractivity contribution in [3.8, 4) is 0 Å². The predicted octanol–water partition coefficient (Wildman–Crippen LogP) is 3.26. The Morgan fingerprint density at radius 2 is 1.79 bits per heavy atom. The van der Waals surface area contributed by atoms with E-state index in [9.17, 15) is 0 Å². The van der Waals surface area contributed by atoms with Crippen molar-refractivity contribution in [1.29, 1.82) is 0 Å². The highest BCUT2D eigenvalue weighted by Gasteiger charge is 2.41. The van der Waals surface area contributed by atoms with Crippen LogP contribution in [0.3, 0.4) is 0 Å². The average molecular weight is 264 g/mol. The van der Waals surface area contributed by atoms with Crippen LogP contribution >= 0.6 is 0 Å². The van der Waals surface area contributed by atoms with Gasteiger partial charge in [-0.15, -0.1) is 0 Å². The molecule has 1 aliphatic heterocycles. The second kappa shape index (κ2) is 5.37. The van der Waals surface area contributed by atoms with E-state index in [2.05, 4.69) is 18.7 Å². The third-order valence-corrected chi connectivity index (χ3v) is 6.44. The van der Waals surface area contributed by atoms with E-state index in [1.165, 1.54) is 64.6 Å². The fourth-order valence-electron chi connectivity index (χ4n) is 4.92. The van der Waals surface area contributed by atoms with Crippen LogP contribution in [0.4, 0.5) is 0 Å². The van der Waals surface area contributed by atoms with Crippen molar-refractivity contribution >= 4 is 0 Å². The van der Waals surface area contributed by atoms with Gasteiger partial charge in [0.15, 0.2) is 0 Å². The molecule has 19 heavy (non-hydrogen) atoms. The Kier molecular flexibility index (Phi) is 3.92. The van der Waals surface area contributed by atoms with Crippen molar-refractivity contribution in [1.82, 2.24) is 4.90 Å². The highest BCUT2D eigenvalue weighted by Crippen LogP contribution is 2.41. The molecule has 0 spiro atoms. The minimum absolute atomic E-state index is 0.369. The van der Waals surface area contributed by atoms with Crippen LogP contribution < -0.4 is 5.73 Å². The number of nitrogens with zero attached hydrogens (tertiary/aromatic N) is 1. The molecule has 3 aliphatic rings. The third-order valence-electron chi connectivity index (χ3n) is 6.44. The summed E-state index contributed by atoms with van der Waals surface area (Å²) in [7, 11) is 0. The van der Waals surface area contributed by atoms with Gasteiger partial charge in [-0.1, -0.05) is 33.1 Å². The molecule has 2 saturated carbocycles. The maximum atomic E-state index is 6.48. The van der Waals surface area contributed by atoms with Crippen molar-refractivity contribution in [2.24, 2.45) is 28.9 Å². The van der Waals surface area contributed by atoms with Crippen molar-refractivity contribution in [2.75, 3.05) is 19.6 Å². The SMILES string of the molecule is CC1(C)CCC(CN2CCC3CCCCC3C2)C1N. The smallest absolute Gasteiger partial charge is 0.0131 e. The first-order chi connectivity index (χ1) is 9.06. The quantitative estimate of drug-likeness (QED) is 0.829. The van der Waals surface area contributed by atoms with Crippen molar-refractivity contribution in [2.45, 2.75) is 64.8 Å². The lowest BCUT2D eigenvalue weighted by Gasteiger charge is -2.42. The maximum Gasteiger partial charge on any atom is 0.0131 e. The van der Waals surface area contributed by atoms with E-state index in [0.717, 1.165) is 17.8 Å². The average Bonchev–Trinajstić information content (AvgIpc) is 2.66. The number of nitrogens with two attached hydrogens (primary N) is 1. The van der Waals surface area contributed by atoms with Crippen molar-refractivity contribution in [3.05, 3.63) is 0 Å². The van der Waals surface area contributed by atoms with E-state index >= 15 is 0 Å². The minimum atomic E-state index is 0.369. The molecule has 2 heteroatoms. The zero-order valence-corrected chi connectivity index (χ0v) is 12.9. The molecule has 1 saturated heterocycles. The van der Waals surface area contributed by atoms with Gasteiger partial charge in [0, 0.05) is 19.1 Å². The number of hydrogen-bond acceptors (Lipinski definition) is 2. The van der Waals surface area contributed by atoms with Gasteiger partial charge in [-0.3, -0.25) is 0 Å². The first-order valence-corrected chi connectivity index (χ1v) is 8.54. The Balaban J connectivity index is 1.54. The van der Waals surface area contributed by atoms with Gasteiger partial charge >= 0.3 is 0 Å². The zero-order chi connectivity index (χ0) is 13.5. The molecular formula is C17H32N2. The molecule has 0 aromatic carbocycles. The third kappa shape index (κ3) is 2.85. The number of piperidine rings is 1. The van der Waals surface area contributed by atoms with Crippen LogP contribution in [-0.2, 0) is 0 Å². The van der Waals surface area contributed by atoms with Gasteiger partial charge in [0.05, 0.1) is 0 Å². The van der Waals surface area contributed by atoms with Crippen LogP contribution in [0.25, 0.3) is 0 Å². The summed E-state index contributed by atoms with van der Waals surface area (Å²) in [4.78, 5) is 2.75. The summed E-state index contributed by atoms with van der Waals surface area (Å²) in [5.41, 5.74) is 6.85. The molecule has 0 aromatic heterocycles.